The third-order valence-electron chi connectivity index (χ3n) is 7.13. The van der Waals surface area contributed by atoms with Crippen LogP contribution >= 0.6 is 0 Å². The predicted molar refractivity (Wildman–Crippen MR) is 122 cm³/mol. The number of aliphatic hydroxyl groups excluding tert-OH is 6. The van der Waals surface area contributed by atoms with Gasteiger partial charge in [-0.05, 0) is 31.6 Å². The molecule has 0 bridgehead atoms. The lowest BCUT2D eigenvalue weighted by Crippen LogP contribution is -2.60. The first-order chi connectivity index (χ1) is 16.7. The van der Waals surface area contributed by atoms with Crippen LogP contribution in [0.2, 0.25) is 0 Å². The lowest BCUT2D eigenvalue weighted by atomic mass is 9.64. The van der Waals surface area contributed by atoms with Crippen LogP contribution in [0, 0.1) is 5.41 Å². The van der Waals surface area contributed by atoms with Crippen molar-refractivity contribution in [3.8, 4) is 0 Å². The number of carbonyl (C=O) groups is 1. The zero-order valence-electron chi connectivity index (χ0n) is 20.8. The van der Waals surface area contributed by atoms with Crippen LogP contribution in [0.15, 0.2) is 23.8 Å². The van der Waals surface area contributed by atoms with Crippen LogP contribution in [0.5, 0.6) is 0 Å². The molecule has 12 nitrogen and oxygen atoms in total. The van der Waals surface area contributed by atoms with E-state index in [0.717, 1.165) is 0 Å². The Labute approximate surface area is 209 Å². The summed E-state index contributed by atoms with van der Waals surface area (Å²) in [6, 6.07) is 0. The zero-order chi connectivity index (χ0) is 27.0. The average Bonchev–Trinajstić information content (AvgIpc) is 2.80. The number of ketones is 1. The van der Waals surface area contributed by atoms with E-state index in [1.54, 1.807) is 33.8 Å². The Morgan fingerprint density at radius 3 is 2.33 bits per heavy atom. The van der Waals surface area contributed by atoms with Gasteiger partial charge >= 0.3 is 0 Å². The van der Waals surface area contributed by atoms with Crippen LogP contribution in [0.25, 0.3) is 0 Å². The van der Waals surface area contributed by atoms with Gasteiger partial charge in [-0.3, -0.25) is 4.79 Å². The van der Waals surface area contributed by atoms with Crippen molar-refractivity contribution in [1.82, 2.24) is 0 Å². The standard InChI is InChI=1S/C24H38O12/c1-11-7-13(25)8-23(3,4)24(11,32)6-5-12(2)35-22-20(31)18(29)17(28)15(36-22)10-34-21-19(30)16(27)14(26)9-33-21/h5-7,12,14-22,26-32H,8-10H2,1-4H3/b6-5+/t12-,14-,15-,16-,17-,18+,19-,20-,21-,22-,24-/m0/s1. The number of aliphatic hydroxyl groups is 7. The lowest BCUT2D eigenvalue weighted by molar-refractivity contribution is -0.324. The molecule has 7 N–H and O–H groups in total. The third kappa shape index (κ3) is 5.89. The van der Waals surface area contributed by atoms with E-state index in [9.17, 15) is 40.5 Å². The second-order valence-electron chi connectivity index (χ2n) is 10.4. The second kappa shape index (κ2) is 11.2. The molecule has 0 saturated carbocycles. The fourth-order valence-electron chi connectivity index (χ4n) is 4.68. The molecule has 0 unspecified atom stereocenters. The van der Waals surface area contributed by atoms with Crippen LogP contribution in [0.3, 0.4) is 0 Å². The molecule has 11 atom stereocenters. The first-order valence-corrected chi connectivity index (χ1v) is 11.9. The van der Waals surface area contributed by atoms with Crippen LogP contribution in [-0.2, 0) is 23.7 Å². The summed E-state index contributed by atoms with van der Waals surface area (Å²) in [5.41, 5.74) is -1.69. The minimum Gasteiger partial charge on any atom is -0.388 e. The van der Waals surface area contributed by atoms with E-state index in [1.165, 1.54) is 12.2 Å². The highest BCUT2D eigenvalue weighted by Gasteiger charge is 2.48. The number of rotatable bonds is 7. The van der Waals surface area contributed by atoms with Gasteiger partial charge in [-0.25, -0.2) is 0 Å². The molecule has 0 amide bonds. The summed E-state index contributed by atoms with van der Waals surface area (Å²) in [6.07, 6.45) is -9.09. The third-order valence-corrected chi connectivity index (χ3v) is 7.13. The highest BCUT2D eigenvalue weighted by Crippen LogP contribution is 2.44. The number of carbonyl (C=O) groups excluding carboxylic acids is 1. The maximum Gasteiger partial charge on any atom is 0.187 e. The molecule has 0 spiro atoms. The molecule has 2 fully saturated rings. The molecule has 206 valence electrons. The zero-order valence-corrected chi connectivity index (χ0v) is 20.8. The van der Waals surface area contributed by atoms with Gasteiger partial charge in [-0.1, -0.05) is 19.9 Å². The van der Waals surface area contributed by atoms with Gasteiger partial charge in [0.1, 0.15) is 48.3 Å². The summed E-state index contributed by atoms with van der Waals surface area (Å²) in [5.74, 6) is -0.0729. The summed E-state index contributed by atoms with van der Waals surface area (Å²) in [4.78, 5) is 11.9. The molecule has 0 aromatic carbocycles. The second-order valence-corrected chi connectivity index (χ2v) is 10.4. The Balaban J connectivity index is 1.64. The van der Waals surface area contributed by atoms with Crippen LogP contribution in [0.4, 0.5) is 0 Å². The number of hydrogen-bond acceptors (Lipinski definition) is 12. The van der Waals surface area contributed by atoms with Crippen molar-refractivity contribution in [1.29, 1.82) is 0 Å². The van der Waals surface area contributed by atoms with Crippen molar-refractivity contribution in [2.75, 3.05) is 13.2 Å². The Morgan fingerprint density at radius 1 is 1.06 bits per heavy atom. The molecule has 2 saturated heterocycles. The summed E-state index contributed by atoms with van der Waals surface area (Å²) in [7, 11) is 0. The first kappa shape index (κ1) is 29.3. The van der Waals surface area contributed by atoms with E-state index in [1.807, 2.05) is 0 Å². The molecule has 3 aliphatic rings. The average molecular weight is 519 g/mol. The quantitative estimate of drug-likeness (QED) is 0.181. The van der Waals surface area contributed by atoms with E-state index >= 15 is 0 Å². The van der Waals surface area contributed by atoms with Crippen LogP contribution < -0.4 is 0 Å². The number of hydrogen-bond donors (Lipinski definition) is 7. The van der Waals surface area contributed by atoms with Crippen molar-refractivity contribution in [2.24, 2.45) is 5.41 Å². The molecular weight excluding hydrogens is 480 g/mol. The van der Waals surface area contributed by atoms with Crippen molar-refractivity contribution in [3.63, 3.8) is 0 Å². The Morgan fingerprint density at radius 2 is 1.69 bits per heavy atom. The van der Waals surface area contributed by atoms with Crippen molar-refractivity contribution in [3.05, 3.63) is 23.8 Å². The largest absolute Gasteiger partial charge is 0.388 e. The van der Waals surface area contributed by atoms with Crippen molar-refractivity contribution in [2.45, 2.75) is 101 Å². The molecule has 0 radical (unpaired) electrons. The Bertz CT molecular complexity index is 843. The normalized spacial score (nSPS) is 44.5. The van der Waals surface area contributed by atoms with Gasteiger partial charge in [0, 0.05) is 11.8 Å². The Hall–Kier alpha value is -1.29. The predicted octanol–water partition coefficient (Wildman–Crippen LogP) is -2.11. The maximum atomic E-state index is 11.9. The fourth-order valence-corrected chi connectivity index (χ4v) is 4.68. The monoisotopic (exact) mass is 518 g/mol. The van der Waals surface area contributed by atoms with Crippen molar-refractivity contribution >= 4 is 5.78 Å². The molecular formula is C24H38O12. The van der Waals surface area contributed by atoms with E-state index in [4.69, 9.17) is 18.9 Å². The van der Waals surface area contributed by atoms with E-state index < -0.39 is 79.0 Å². The van der Waals surface area contributed by atoms with Gasteiger partial charge in [-0.15, -0.1) is 0 Å². The molecule has 3 rings (SSSR count). The van der Waals surface area contributed by atoms with E-state index in [-0.39, 0.29) is 18.8 Å². The number of allylic oxidation sites excluding steroid dienone is 1. The summed E-state index contributed by atoms with van der Waals surface area (Å²) < 4.78 is 21.9. The first-order valence-electron chi connectivity index (χ1n) is 11.9. The summed E-state index contributed by atoms with van der Waals surface area (Å²) >= 11 is 0. The highest BCUT2D eigenvalue weighted by atomic mass is 16.7. The van der Waals surface area contributed by atoms with Gasteiger partial charge in [0.15, 0.2) is 18.4 Å². The van der Waals surface area contributed by atoms with E-state index in [2.05, 4.69) is 0 Å². The fraction of sp³-hybridized carbons (Fsp3) is 0.792. The van der Waals surface area contributed by atoms with Crippen LogP contribution in [0.1, 0.15) is 34.1 Å². The van der Waals surface area contributed by atoms with Gasteiger partial charge in [0.05, 0.1) is 19.3 Å². The molecule has 1 aliphatic carbocycles. The smallest absolute Gasteiger partial charge is 0.187 e. The van der Waals surface area contributed by atoms with Crippen molar-refractivity contribution < 1.29 is 59.5 Å². The molecule has 36 heavy (non-hydrogen) atoms. The summed E-state index contributed by atoms with van der Waals surface area (Å²) in [5, 5.41) is 71.6. The molecule has 0 aromatic rings. The minimum atomic E-state index is -1.64. The SMILES string of the molecule is CC1=CC(=O)CC(C)(C)[C@]1(O)/C=C/[C@H](C)O[C@H]1O[C@@H](CO[C@@H]2OC[C@H](O)[C@H](O)[C@@H]2O)[C@H](O)[C@@H](O)[C@@H]1O. The molecule has 2 heterocycles. The topological polar surface area (TPSA) is 196 Å². The highest BCUT2D eigenvalue weighted by molar-refractivity contribution is 5.92. The van der Waals surface area contributed by atoms with Gasteiger partial charge in [-0.2, -0.15) is 0 Å². The van der Waals surface area contributed by atoms with Gasteiger partial charge < -0.3 is 54.7 Å². The number of ether oxygens (including phenoxy) is 4. The molecule has 0 aromatic heterocycles. The lowest BCUT2D eigenvalue weighted by Gasteiger charge is -2.44. The van der Waals surface area contributed by atoms with E-state index in [0.29, 0.717) is 5.57 Å². The molecule has 12 heteroatoms. The summed E-state index contributed by atoms with van der Waals surface area (Å²) in [6.45, 7) is 6.17. The molecule has 2 aliphatic heterocycles. The van der Waals surface area contributed by atoms with Gasteiger partial charge in [0.2, 0.25) is 0 Å². The van der Waals surface area contributed by atoms with Crippen LogP contribution in [-0.4, -0.2) is 122 Å². The minimum absolute atomic E-state index is 0.0729. The maximum absolute atomic E-state index is 11.9. The van der Waals surface area contributed by atoms with Gasteiger partial charge in [0.25, 0.3) is 0 Å². The Kier molecular flexibility index (Phi) is 9.12.